The molecule has 1 aromatic rings. The Labute approximate surface area is 183 Å². The molecule has 0 bridgehead atoms. The zero-order chi connectivity index (χ0) is 21.9. The topological polar surface area (TPSA) is 77.1 Å². The molecule has 1 saturated heterocycles. The average molecular weight is 439 g/mol. The van der Waals surface area contributed by atoms with E-state index in [9.17, 15) is 9.59 Å². The zero-order valence-electron chi connectivity index (χ0n) is 18.4. The second-order valence-corrected chi connectivity index (χ2v) is 8.46. The van der Waals surface area contributed by atoms with E-state index < -0.39 is 6.04 Å². The molecular weight excluding hydrogens is 404 g/mol. The quantitative estimate of drug-likeness (QED) is 0.505. The Balaban J connectivity index is 2.22. The van der Waals surface area contributed by atoms with E-state index in [1.807, 2.05) is 0 Å². The van der Waals surface area contributed by atoms with Crippen LogP contribution < -0.4 is 14.8 Å². The number of ether oxygens (including phenoxy) is 3. The van der Waals surface area contributed by atoms with E-state index in [0.29, 0.717) is 36.0 Å². The van der Waals surface area contributed by atoms with Gasteiger partial charge in [-0.3, -0.25) is 9.59 Å². The Morgan fingerprint density at radius 1 is 1.10 bits per heavy atom. The fraction of sp³-hybridized carbons (Fsp3) is 0.636. The number of rotatable bonds is 12. The number of carbonyl (C=O) groups excluding carboxylic acids is 2. The molecule has 1 heterocycles. The molecule has 0 spiro atoms. The van der Waals surface area contributed by atoms with Crippen LogP contribution in [0.4, 0.5) is 0 Å². The third-order valence-corrected chi connectivity index (χ3v) is 6.46. The van der Waals surface area contributed by atoms with Crippen LogP contribution in [-0.4, -0.2) is 68.4 Å². The van der Waals surface area contributed by atoms with Crippen LogP contribution in [0.25, 0.3) is 0 Å². The van der Waals surface area contributed by atoms with Crippen LogP contribution in [0.2, 0.25) is 0 Å². The summed E-state index contributed by atoms with van der Waals surface area (Å²) in [6.07, 6.45) is 4.87. The van der Waals surface area contributed by atoms with Crippen LogP contribution in [0.5, 0.6) is 11.5 Å². The van der Waals surface area contributed by atoms with Gasteiger partial charge in [-0.1, -0.05) is 26.2 Å². The molecule has 2 unspecified atom stereocenters. The monoisotopic (exact) mass is 438 g/mol. The van der Waals surface area contributed by atoms with Gasteiger partial charge in [0.1, 0.15) is 17.5 Å². The van der Waals surface area contributed by atoms with Gasteiger partial charge in [-0.05, 0) is 25.0 Å². The number of thioether (sulfide) groups is 1. The Kier molecular flexibility index (Phi) is 10.3. The predicted molar refractivity (Wildman–Crippen MR) is 119 cm³/mol. The summed E-state index contributed by atoms with van der Waals surface area (Å²) in [5, 5.41) is 2.94. The standard InChI is InChI=1S/C22H34N2O5S/c1-5-6-7-9-20-24(19(15-30-20)21(25)23-10-8-11-27-2)22(26)16-12-17(28-3)14-18(13-16)29-4/h12-14,19-20H,5-11,15H2,1-4H3,(H,23,25). The molecule has 7 nitrogen and oxygen atoms in total. The summed E-state index contributed by atoms with van der Waals surface area (Å²) in [5.41, 5.74) is 0.464. The zero-order valence-corrected chi connectivity index (χ0v) is 19.3. The van der Waals surface area contributed by atoms with Crippen LogP contribution >= 0.6 is 11.8 Å². The lowest BCUT2D eigenvalue weighted by molar-refractivity contribution is -0.124. The summed E-state index contributed by atoms with van der Waals surface area (Å²) in [7, 11) is 4.75. The van der Waals surface area contributed by atoms with Crippen LogP contribution in [0, 0.1) is 0 Å². The highest BCUT2D eigenvalue weighted by Crippen LogP contribution is 2.35. The van der Waals surface area contributed by atoms with Crippen molar-refractivity contribution in [3.8, 4) is 11.5 Å². The lowest BCUT2D eigenvalue weighted by Gasteiger charge is -2.29. The predicted octanol–water partition coefficient (Wildman–Crippen LogP) is 3.32. The molecule has 2 amide bonds. The van der Waals surface area contributed by atoms with Gasteiger partial charge in [0.25, 0.3) is 5.91 Å². The number of amides is 2. The number of nitrogens with zero attached hydrogens (tertiary/aromatic N) is 1. The molecule has 1 aromatic carbocycles. The van der Waals surface area contributed by atoms with Gasteiger partial charge in [0.2, 0.25) is 5.91 Å². The van der Waals surface area contributed by atoms with Crippen LogP contribution in [-0.2, 0) is 9.53 Å². The highest BCUT2D eigenvalue weighted by Gasteiger charge is 2.41. The van der Waals surface area contributed by atoms with E-state index in [1.54, 1.807) is 56.2 Å². The van der Waals surface area contributed by atoms with Crippen molar-refractivity contribution in [1.29, 1.82) is 0 Å². The van der Waals surface area contributed by atoms with Crippen LogP contribution in [0.1, 0.15) is 49.4 Å². The van der Waals surface area contributed by atoms with Gasteiger partial charge >= 0.3 is 0 Å². The van der Waals surface area contributed by atoms with Crippen molar-refractivity contribution in [2.45, 2.75) is 50.4 Å². The fourth-order valence-electron chi connectivity index (χ4n) is 3.46. The van der Waals surface area contributed by atoms with Gasteiger partial charge in [-0.15, -0.1) is 11.8 Å². The van der Waals surface area contributed by atoms with E-state index in [4.69, 9.17) is 14.2 Å². The largest absolute Gasteiger partial charge is 0.497 e. The number of benzene rings is 1. The highest BCUT2D eigenvalue weighted by molar-refractivity contribution is 8.00. The minimum atomic E-state index is -0.492. The Hall–Kier alpha value is -1.93. The molecule has 8 heteroatoms. The molecule has 1 aliphatic heterocycles. The maximum absolute atomic E-state index is 13.5. The first-order chi connectivity index (χ1) is 14.5. The van der Waals surface area contributed by atoms with E-state index in [-0.39, 0.29) is 17.2 Å². The molecule has 2 atom stereocenters. The van der Waals surface area contributed by atoms with Crippen molar-refractivity contribution >= 4 is 23.6 Å². The number of nitrogens with one attached hydrogen (secondary N) is 1. The Bertz CT molecular complexity index is 678. The van der Waals surface area contributed by atoms with Crippen LogP contribution in [0.15, 0.2) is 18.2 Å². The molecular formula is C22H34N2O5S. The number of hydrogen-bond acceptors (Lipinski definition) is 6. The van der Waals surface area contributed by atoms with E-state index in [1.165, 1.54) is 0 Å². The smallest absolute Gasteiger partial charge is 0.255 e. The fourth-order valence-corrected chi connectivity index (χ4v) is 4.91. The van der Waals surface area contributed by atoms with E-state index in [2.05, 4.69) is 12.2 Å². The first-order valence-electron chi connectivity index (χ1n) is 10.5. The van der Waals surface area contributed by atoms with Crippen molar-refractivity contribution in [3.05, 3.63) is 23.8 Å². The van der Waals surface area contributed by atoms with Crippen molar-refractivity contribution in [3.63, 3.8) is 0 Å². The summed E-state index contributed by atoms with van der Waals surface area (Å²) in [5.74, 6) is 1.41. The minimum absolute atomic E-state index is 0.0176. The van der Waals surface area contributed by atoms with Crippen LogP contribution in [0.3, 0.4) is 0 Å². The van der Waals surface area contributed by atoms with Crippen molar-refractivity contribution in [2.75, 3.05) is 40.2 Å². The molecule has 0 saturated carbocycles. The van der Waals surface area contributed by atoms with Crippen molar-refractivity contribution in [2.24, 2.45) is 0 Å². The number of methoxy groups -OCH3 is 3. The Morgan fingerprint density at radius 2 is 1.80 bits per heavy atom. The summed E-state index contributed by atoms with van der Waals surface area (Å²) >= 11 is 1.68. The lowest BCUT2D eigenvalue weighted by Crippen LogP contribution is -2.50. The molecule has 1 fully saturated rings. The van der Waals surface area contributed by atoms with Gasteiger partial charge in [-0.2, -0.15) is 0 Å². The maximum Gasteiger partial charge on any atom is 0.255 e. The second-order valence-electron chi connectivity index (χ2n) is 7.25. The summed E-state index contributed by atoms with van der Waals surface area (Å²) in [6.45, 7) is 3.28. The lowest BCUT2D eigenvalue weighted by atomic mass is 10.1. The molecule has 30 heavy (non-hydrogen) atoms. The average Bonchev–Trinajstić information content (AvgIpc) is 3.19. The SMILES string of the molecule is CCCCCC1SCC(C(=O)NCCCOC)N1C(=O)c1cc(OC)cc(OC)c1. The number of carbonyl (C=O) groups is 2. The second kappa shape index (κ2) is 12.7. The molecule has 1 N–H and O–H groups in total. The summed E-state index contributed by atoms with van der Waals surface area (Å²) in [4.78, 5) is 28.1. The molecule has 168 valence electrons. The van der Waals surface area contributed by atoms with E-state index in [0.717, 1.165) is 32.1 Å². The van der Waals surface area contributed by atoms with Crippen molar-refractivity contribution in [1.82, 2.24) is 10.2 Å². The summed E-state index contributed by atoms with van der Waals surface area (Å²) in [6, 6.07) is 4.64. The van der Waals surface area contributed by atoms with Gasteiger partial charge in [0.05, 0.1) is 19.6 Å². The molecule has 1 aliphatic rings. The first kappa shape index (κ1) is 24.3. The van der Waals surface area contributed by atoms with Gasteiger partial charge < -0.3 is 24.4 Å². The van der Waals surface area contributed by atoms with Gasteiger partial charge in [-0.25, -0.2) is 0 Å². The number of unbranched alkanes of at least 4 members (excludes halogenated alkanes) is 2. The molecule has 0 radical (unpaired) electrons. The summed E-state index contributed by atoms with van der Waals surface area (Å²) < 4.78 is 15.7. The molecule has 0 aromatic heterocycles. The maximum atomic E-state index is 13.5. The third-order valence-electron chi connectivity index (χ3n) is 5.11. The molecule has 0 aliphatic carbocycles. The molecule has 2 rings (SSSR count). The number of hydrogen-bond donors (Lipinski definition) is 1. The van der Waals surface area contributed by atoms with Gasteiger partial charge in [0.15, 0.2) is 0 Å². The normalized spacial score (nSPS) is 18.3. The Morgan fingerprint density at radius 3 is 2.40 bits per heavy atom. The van der Waals surface area contributed by atoms with Gasteiger partial charge in [0, 0.05) is 37.6 Å². The van der Waals surface area contributed by atoms with Crippen molar-refractivity contribution < 1.29 is 23.8 Å². The van der Waals surface area contributed by atoms with E-state index >= 15 is 0 Å². The minimum Gasteiger partial charge on any atom is -0.497 e. The highest BCUT2D eigenvalue weighted by atomic mass is 32.2. The first-order valence-corrected chi connectivity index (χ1v) is 11.5. The third kappa shape index (κ3) is 6.54.